The minimum Gasteiger partial charge on any atom is -0.349 e. The molecule has 74 valence electrons. The van der Waals surface area contributed by atoms with Crippen molar-refractivity contribution in [1.29, 1.82) is 0 Å². The second-order valence-corrected chi connectivity index (χ2v) is 4.87. The third kappa shape index (κ3) is 2.06. The Balaban J connectivity index is 3.54. The van der Waals surface area contributed by atoms with Crippen molar-refractivity contribution in [3.05, 3.63) is 12.3 Å². The van der Waals surface area contributed by atoms with E-state index in [9.17, 15) is 16.8 Å². The van der Waals surface area contributed by atoms with Gasteiger partial charge in [0.05, 0.1) is 0 Å². The molecule has 0 aliphatic heterocycles. The first-order chi connectivity index (χ1) is 5.73. The number of rotatable bonds is 2. The van der Waals surface area contributed by atoms with Crippen LogP contribution in [0.4, 0.5) is 0 Å². The van der Waals surface area contributed by atoms with Gasteiger partial charge in [-0.2, -0.15) is 16.8 Å². The van der Waals surface area contributed by atoms with Gasteiger partial charge in [0, 0.05) is 6.20 Å². The summed E-state index contributed by atoms with van der Waals surface area (Å²) in [4.78, 5) is 1.10. The molecule has 1 rings (SSSR count). The molecule has 1 aromatic rings. The lowest BCUT2D eigenvalue weighted by atomic mass is 10.7. The maximum atomic E-state index is 10.5. The average Bonchev–Trinajstić information content (AvgIpc) is 2.27. The Morgan fingerprint density at radius 2 is 1.62 bits per heavy atom. The van der Waals surface area contributed by atoms with Gasteiger partial charge in [0.1, 0.15) is 4.90 Å². The van der Waals surface area contributed by atoms with Crippen LogP contribution in [0, 0.1) is 0 Å². The molecule has 0 aliphatic rings. The highest BCUT2D eigenvalue weighted by atomic mass is 32.2. The van der Waals surface area contributed by atoms with Gasteiger partial charge in [0.2, 0.25) is 0 Å². The summed E-state index contributed by atoms with van der Waals surface area (Å²) in [7, 11) is -9.31. The van der Waals surface area contributed by atoms with E-state index in [1.165, 1.54) is 0 Å². The zero-order chi connectivity index (χ0) is 10.3. The number of hydrogen-bond donors (Lipinski definition) is 3. The summed E-state index contributed by atoms with van der Waals surface area (Å²) in [5.41, 5.74) is 0. The highest BCUT2D eigenvalue weighted by Crippen LogP contribution is 2.17. The SMILES string of the molecule is O=S(=O)(O)c1cc[nH]c1S(=O)(=O)O. The monoisotopic (exact) mass is 227 g/mol. The third-order valence-electron chi connectivity index (χ3n) is 1.21. The summed E-state index contributed by atoms with van der Waals surface area (Å²) in [5, 5.41) is -0.949. The number of aromatic amines is 1. The van der Waals surface area contributed by atoms with Crippen LogP contribution in [-0.4, -0.2) is 30.9 Å². The fraction of sp³-hybridized carbons (Fsp3) is 0. The molecule has 0 radical (unpaired) electrons. The molecule has 0 saturated carbocycles. The van der Waals surface area contributed by atoms with Crippen molar-refractivity contribution in [2.45, 2.75) is 9.92 Å². The minimum absolute atomic E-state index is 0.818. The lowest BCUT2D eigenvalue weighted by Crippen LogP contribution is -2.06. The van der Waals surface area contributed by atoms with Gasteiger partial charge < -0.3 is 4.98 Å². The molecule has 3 N–H and O–H groups in total. The molecule has 0 amide bonds. The molecular weight excluding hydrogens is 222 g/mol. The Kier molecular flexibility index (Phi) is 2.20. The number of H-pyrrole nitrogens is 1. The molecular formula is C4H5NO6S2. The first-order valence-corrected chi connectivity index (χ1v) is 5.73. The average molecular weight is 227 g/mol. The van der Waals surface area contributed by atoms with Gasteiger partial charge in [0.15, 0.2) is 5.03 Å². The smallest absolute Gasteiger partial charge is 0.311 e. The normalized spacial score (nSPS) is 13.1. The third-order valence-corrected chi connectivity index (χ3v) is 3.09. The number of hydrogen-bond acceptors (Lipinski definition) is 4. The van der Waals surface area contributed by atoms with Crippen LogP contribution >= 0.6 is 0 Å². The van der Waals surface area contributed by atoms with Gasteiger partial charge in [0.25, 0.3) is 10.1 Å². The molecule has 13 heavy (non-hydrogen) atoms. The van der Waals surface area contributed by atoms with Crippen LogP contribution in [0.15, 0.2) is 22.2 Å². The highest BCUT2D eigenvalue weighted by Gasteiger charge is 2.24. The fourth-order valence-electron chi connectivity index (χ4n) is 0.745. The van der Waals surface area contributed by atoms with Crippen molar-refractivity contribution in [3.8, 4) is 0 Å². The molecule has 0 bridgehead atoms. The zero-order valence-electron chi connectivity index (χ0n) is 6.00. The summed E-state index contributed by atoms with van der Waals surface area (Å²) in [6.07, 6.45) is 0.964. The van der Waals surface area contributed by atoms with Crippen LogP contribution in [-0.2, 0) is 20.2 Å². The van der Waals surface area contributed by atoms with Gasteiger partial charge >= 0.3 is 10.1 Å². The van der Waals surface area contributed by atoms with Gasteiger partial charge in [-0.15, -0.1) is 0 Å². The predicted molar refractivity (Wildman–Crippen MR) is 40.4 cm³/mol. The van der Waals surface area contributed by atoms with Crippen LogP contribution in [0.3, 0.4) is 0 Å². The quantitative estimate of drug-likeness (QED) is 0.585. The Labute approximate surface area is 73.9 Å². The van der Waals surface area contributed by atoms with Gasteiger partial charge in [-0.1, -0.05) is 0 Å². The van der Waals surface area contributed by atoms with E-state index in [2.05, 4.69) is 0 Å². The Morgan fingerprint density at radius 3 is 1.92 bits per heavy atom. The number of aromatic nitrogens is 1. The van der Waals surface area contributed by atoms with Crippen LogP contribution in [0.25, 0.3) is 0 Å². The largest absolute Gasteiger partial charge is 0.349 e. The van der Waals surface area contributed by atoms with Crippen molar-refractivity contribution in [1.82, 2.24) is 4.98 Å². The summed E-state index contributed by atoms with van der Waals surface area (Å²) < 4.78 is 59.0. The van der Waals surface area contributed by atoms with Crippen molar-refractivity contribution >= 4 is 20.2 Å². The molecule has 9 heteroatoms. The standard InChI is InChI=1S/C4H5NO6S2/c6-12(7,8)3-1-2-5-4(3)13(9,10)11/h1-2,5H,(H,6,7,8)(H,9,10,11). The van der Waals surface area contributed by atoms with Crippen LogP contribution in [0.5, 0.6) is 0 Å². The summed E-state index contributed by atoms with van der Waals surface area (Å²) in [6, 6.07) is 0.818. The van der Waals surface area contributed by atoms with Crippen molar-refractivity contribution in [3.63, 3.8) is 0 Å². The Bertz CT molecular complexity index is 462. The molecule has 1 heterocycles. The Morgan fingerprint density at radius 1 is 1.08 bits per heavy atom. The second-order valence-electron chi connectivity index (χ2n) is 2.12. The van der Waals surface area contributed by atoms with Crippen molar-refractivity contribution in [2.75, 3.05) is 0 Å². The van der Waals surface area contributed by atoms with E-state index in [1.807, 2.05) is 4.98 Å². The molecule has 0 unspecified atom stereocenters. The molecule has 1 aromatic heterocycles. The molecule has 0 fully saturated rings. The number of nitrogens with one attached hydrogen (secondary N) is 1. The van der Waals surface area contributed by atoms with Gasteiger partial charge in [-0.05, 0) is 6.07 Å². The zero-order valence-corrected chi connectivity index (χ0v) is 7.63. The molecule has 0 saturated heterocycles. The van der Waals surface area contributed by atoms with E-state index in [0.717, 1.165) is 12.3 Å². The van der Waals surface area contributed by atoms with Crippen LogP contribution < -0.4 is 0 Å². The second kappa shape index (κ2) is 2.80. The molecule has 0 atom stereocenters. The summed E-state index contributed by atoms with van der Waals surface area (Å²) in [5.74, 6) is 0. The maximum absolute atomic E-state index is 10.5. The van der Waals surface area contributed by atoms with Crippen molar-refractivity contribution in [2.24, 2.45) is 0 Å². The minimum atomic E-state index is -4.67. The first-order valence-electron chi connectivity index (χ1n) is 2.85. The summed E-state index contributed by atoms with van der Waals surface area (Å²) >= 11 is 0. The topological polar surface area (TPSA) is 125 Å². The van der Waals surface area contributed by atoms with Gasteiger partial charge in [-0.3, -0.25) is 9.11 Å². The van der Waals surface area contributed by atoms with E-state index < -0.39 is 30.2 Å². The maximum Gasteiger partial charge on any atom is 0.311 e. The van der Waals surface area contributed by atoms with Crippen LogP contribution in [0.2, 0.25) is 0 Å². The van der Waals surface area contributed by atoms with E-state index in [4.69, 9.17) is 9.11 Å². The predicted octanol–water partition coefficient (Wildman–Crippen LogP) is -0.492. The van der Waals surface area contributed by atoms with E-state index in [-0.39, 0.29) is 0 Å². The summed E-state index contributed by atoms with van der Waals surface area (Å²) in [6.45, 7) is 0. The molecule has 0 aromatic carbocycles. The first kappa shape index (κ1) is 10.2. The lowest BCUT2D eigenvalue weighted by Gasteiger charge is -1.95. The molecule has 7 nitrogen and oxygen atoms in total. The lowest BCUT2D eigenvalue weighted by molar-refractivity contribution is 0.464. The highest BCUT2D eigenvalue weighted by molar-refractivity contribution is 7.89. The van der Waals surface area contributed by atoms with E-state index >= 15 is 0 Å². The van der Waals surface area contributed by atoms with Crippen LogP contribution in [0.1, 0.15) is 0 Å². The Hall–Kier alpha value is -0.900. The molecule has 0 aliphatic carbocycles. The fourth-order valence-corrected chi connectivity index (χ4v) is 2.45. The van der Waals surface area contributed by atoms with E-state index in [0.29, 0.717) is 0 Å². The molecule has 0 spiro atoms. The van der Waals surface area contributed by atoms with Gasteiger partial charge in [-0.25, -0.2) is 0 Å². The van der Waals surface area contributed by atoms with Crippen molar-refractivity contribution < 1.29 is 25.9 Å². The van der Waals surface area contributed by atoms with E-state index in [1.54, 1.807) is 0 Å².